The van der Waals surface area contributed by atoms with E-state index in [0.29, 0.717) is 17.0 Å². The fourth-order valence-electron chi connectivity index (χ4n) is 2.49. The number of imide groups is 1. The van der Waals surface area contributed by atoms with Crippen molar-refractivity contribution in [1.82, 2.24) is 10.2 Å². The summed E-state index contributed by atoms with van der Waals surface area (Å²) in [6, 6.07) is 11.8. The highest BCUT2D eigenvalue weighted by molar-refractivity contribution is 6.32. The van der Waals surface area contributed by atoms with Crippen LogP contribution < -0.4 is 15.4 Å². The van der Waals surface area contributed by atoms with Crippen LogP contribution in [0.5, 0.6) is 5.75 Å². The number of hydrogen-bond acceptors (Lipinski definition) is 4. The minimum absolute atomic E-state index is 0.162. The van der Waals surface area contributed by atoms with Gasteiger partial charge in [-0.3, -0.25) is 14.5 Å². The third-order valence-corrected chi connectivity index (χ3v) is 4.34. The molecule has 0 spiro atoms. The second kappa shape index (κ2) is 8.14. The highest BCUT2D eigenvalue weighted by Crippen LogP contribution is 2.27. The Bertz CT molecular complexity index is 970. The van der Waals surface area contributed by atoms with Crippen LogP contribution in [-0.2, 0) is 9.59 Å². The number of carbonyl (C=O) groups is 3. The van der Waals surface area contributed by atoms with Crippen LogP contribution in [0.4, 0.5) is 10.5 Å². The molecule has 2 aromatic carbocycles. The number of likely N-dealkylation sites (N-methyl/N-ethyl adjacent to an activating group) is 1. The van der Waals surface area contributed by atoms with Crippen LogP contribution >= 0.6 is 11.6 Å². The van der Waals surface area contributed by atoms with Gasteiger partial charge >= 0.3 is 6.03 Å². The average molecular weight is 400 g/mol. The summed E-state index contributed by atoms with van der Waals surface area (Å²) >= 11 is 6.20. The van der Waals surface area contributed by atoms with Gasteiger partial charge in [0.2, 0.25) is 0 Å². The molecule has 4 amide bonds. The first-order chi connectivity index (χ1) is 13.3. The molecular weight excluding hydrogens is 382 g/mol. The SMILES string of the molecule is Cc1ccc(NC(=O)COc2ccc(/C=C3/NC(=O)N(C)C3=O)cc2Cl)cc1. The van der Waals surface area contributed by atoms with Gasteiger partial charge < -0.3 is 15.4 Å². The number of rotatable bonds is 5. The highest BCUT2D eigenvalue weighted by Gasteiger charge is 2.29. The van der Waals surface area contributed by atoms with Crippen molar-refractivity contribution in [2.24, 2.45) is 0 Å². The van der Waals surface area contributed by atoms with Gasteiger partial charge in [0.1, 0.15) is 11.4 Å². The largest absolute Gasteiger partial charge is 0.482 e. The number of nitrogens with zero attached hydrogens (tertiary/aromatic N) is 1. The van der Waals surface area contributed by atoms with Crippen molar-refractivity contribution in [3.8, 4) is 5.75 Å². The van der Waals surface area contributed by atoms with Gasteiger partial charge in [-0.15, -0.1) is 0 Å². The Balaban J connectivity index is 1.61. The fourth-order valence-corrected chi connectivity index (χ4v) is 2.73. The lowest BCUT2D eigenvalue weighted by Gasteiger charge is -2.09. The van der Waals surface area contributed by atoms with E-state index in [1.54, 1.807) is 18.2 Å². The Morgan fingerprint density at radius 1 is 1.21 bits per heavy atom. The number of ether oxygens (including phenoxy) is 1. The Morgan fingerprint density at radius 2 is 1.93 bits per heavy atom. The minimum atomic E-state index is -0.484. The molecule has 2 aromatic rings. The molecule has 144 valence electrons. The Labute approximate surface area is 166 Å². The molecule has 0 saturated carbocycles. The van der Waals surface area contributed by atoms with Crippen molar-refractivity contribution in [2.45, 2.75) is 6.92 Å². The smallest absolute Gasteiger partial charge is 0.328 e. The number of urea groups is 1. The maximum absolute atomic E-state index is 12.0. The fraction of sp³-hybridized carbons (Fsp3) is 0.150. The van der Waals surface area contributed by atoms with E-state index in [1.807, 2.05) is 31.2 Å². The molecule has 1 heterocycles. The van der Waals surface area contributed by atoms with E-state index >= 15 is 0 Å². The molecule has 1 aliphatic rings. The first-order valence-corrected chi connectivity index (χ1v) is 8.81. The van der Waals surface area contributed by atoms with Crippen LogP contribution in [-0.4, -0.2) is 36.4 Å². The summed E-state index contributed by atoms with van der Waals surface area (Å²) in [6.45, 7) is 1.76. The lowest BCUT2D eigenvalue weighted by Crippen LogP contribution is -2.25. The molecule has 0 bridgehead atoms. The van der Waals surface area contributed by atoms with Crippen LogP contribution in [0.25, 0.3) is 6.08 Å². The van der Waals surface area contributed by atoms with E-state index in [9.17, 15) is 14.4 Å². The molecule has 0 atom stereocenters. The molecule has 3 rings (SSSR count). The van der Waals surface area contributed by atoms with E-state index in [4.69, 9.17) is 16.3 Å². The van der Waals surface area contributed by atoms with E-state index in [-0.39, 0.29) is 23.2 Å². The Morgan fingerprint density at radius 3 is 2.54 bits per heavy atom. The summed E-state index contributed by atoms with van der Waals surface area (Å²) in [7, 11) is 1.39. The summed E-state index contributed by atoms with van der Waals surface area (Å²) in [5, 5.41) is 5.49. The maximum atomic E-state index is 12.0. The highest BCUT2D eigenvalue weighted by atomic mass is 35.5. The minimum Gasteiger partial charge on any atom is -0.482 e. The van der Waals surface area contributed by atoms with E-state index in [0.717, 1.165) is 10.5 Å². The lowest BCUT2D eigenvalue weighted by atomic mass is 10.2. The Hall–Kier alpha value is -3.32. The quantitative estimate of drug-likeness (QED) is 0.597. The number of aryl methyl sites for hydroxylation is 1. The predicted octanol–water partition coefficient (Wildman–Crippen LogP) is 3.19. The van der Waals surface area contributed by atoms with Gasteiger partial charge in [0.05, 0.1) is 5.02 Å². The molecular formula is C20H18ClN3O4. The van der Waals surface area contributed by atoms with Gasteiger partial charge in [-0.1, -0.05) is 35.4 Å². The number of anilines is 1. The van der Waals surface area contributed by atoms with Crippen LogP contribution in [0, 0.1) is 6.92 Å². The molecule has 1 saturated heterocycles. The third kappa shape index (κ3) is 4.50. The zero-order chi connectivity index (χ0) is 20.3. The number of halogens is 1. The second-order valence-electron chi connectivity index (χ2n) is 6.25. The predicted molar refractivity (Wildman–Crippen MR) is 106 cm³/mol. The molecule has 0 aromatic heterocycles. The van der Waals surface area contributed by atoms with Gasteiger partial charge in [-0.05, 0) is 42.8 Å². The second-order valence-corrected chi connectivity index (χ2v) is 6.65. The number of hydrogen-bond donors (Lipinski definition) is 2. The third-order valence-electron chi connectivity index (χ3n) is 4.04. The summed E-state index contributed by atoms with van der Waals surface area (Å²) in [4.78, 5) is 36.4. The van der Waals surface area contributed by atoms with Gasteiger partial charge in [0.15, 0.2) is 6.61 Å². The van der Waals surface area contributed by atoms with Crippen LogP contribution in [0.3, 0.4) is 0 Å². The maximum Gasteiger partial charge on any atom is 0.328 e. The molecule has 1 fully saturated rings. The van der Waals surface area contributed by atoms with Crippen LogP contribution in [0.2, 0.25) is 5.02 Å². The molecule has 2 N–H and O–H groups in total. The summed E-state index contributed by atoms with van der Waals surface area (Å²) in [5.74, 6) is -0.399. The molecule has 1 aliphatic heterocycles. The van der Waals surface area contributed by atoms with E-state index in [1.165, 1.54) is 13.1 Å². The normalized spacial score (nSPS) is 15.0. The number of amides is 4. The molecule has 7 nitrogen and oxygen atoms in total. The molecule has 0 radical (unpaired) electrons. The number of benzene rings is 2. The lowest BCUT2D eigenvalue weighted by molar-refractivity contribution is -0.122. The van der Waals surface area contributed by atoms with E-state index < -0.39 is 11.9 Å². The van der Waals surface area contributed by atoms with Gasteiger partial charge in [-0.25, -0.2) is 4.79 Å². The monoisotopic (exact) mass is 399 g/mol. The van der Waals surface area contributed by atoms with E-state index in [2.05, 4.69) is 10.6 Å². The van der Waals surface area contributed by atoms with Crippen molar-refractivity contribution in [2.75, 3.05) is 19.0 Å². The zero-order valence-corrected chi connectivity index (χ0v) is 16.0. The number of nitrogens with one attached hydrogen (secondary N) is 2. The van der Waals surface area contributed by atoms with Crippen LogP contribution in [0.1, 0.15) is 11.1 Å². The first-order valence-electron chi connectivity index (χ1n) is 8.43. The topological polar surface area (TPSA) is 87.7 Å². The molecule has 8 heteroatoms. The standard InChI is InChI=1S/C20H18ClN3O4/c1-12-3-6-14(7-4-12)22-18(25)11-28-17-8-5-13(9-15(17)21)10-16-19(26)24(2)20(27)23-16/h3-10H,11H2,1-2H3,(H,22,25)(H,23,27)/b16-10+. The van der Waals surface area contributed by atoms with Gasteiger partial charge in [0.25, 0.3) is 11.8 Å². The van der Waals surface area contributed by atoms with Crippen molar-refractivity contribution in [1.29, 1.82) is 0 Å². The van der Waals surface area contributed by atoms with Crippen molar-refractivity contribution < 1.29 is 19.1 Å². The van der Waals surface area contributed by atoms with Crippen molar-refractivity contribution in [3.05, 3.63) is 64.3 Å². The molecule has 0 aliphatic carbocycles. The molecule has 28 heavy (non-hydrogen) atoms. The Kier molecular flexibility index (Phi) is 5.65. The average Bonchev–Trinajstić information content (AvgIpc) is 2.90. The summed E-state index contributed by atoms with van der Waals surface area (Å²) in [6.07, 6.45) is 1.52. The van der Waals surface area contributed by atoms with Gasteiger partial charge in [0, 0.05) is 12.7 Å². The summed E-state index contributed by atoms with van der Waals surface area (Å²) < 4.78 is 5.47. The zero-order valence-electron chi connectivity index (χ0n) is 15.3. The van der Waals surface area contributed by atoms with Crippen molar-refractivity contribution in [3.63, 3.8) is 0 Å². The van der Waals surface area contributed by atoms with Crippen molar-refractivity contribution >= 4 is 41.2 Å². The first kappa shape index (κ1) is 19.4. The summed E-state index contributed by atoms with van der Waals surface area (Å²) in [5.41, 5.74) is 2.55. The number of carbonyl (C=O) groups excluding carboxylic acids is 3. The van der Waals surface area contributed by atoms with Gasteiger partial charge in [-0.2, -0.15) is 0 Å². The molecule has 0 unspecified atom stereocenters. The van der Waals surface area contributed by atoms with Crippen LogP contribution in [0.15, 0.2) is 48.2 Å².